The third-order valence-electron chi connectivity index (χ3n) is 3.73. The van der Waals surface area contributed by atoms with Crippen molar-refractivity contribution in [2.75, 3.05) is 0 Å². The first-order valence-electron chi connectivity index (χ1n) is 6.43. The Kier molecular flexibility index (Phi) is 3.81. The van der Waals surface area contributed by atoms with Crippen LogP contribution in [0.1, 0.15) is 50.6 Å². The molecule has 1 atom stereocenters. The Balaban J connectivity index is 2.10. The zero-order valence-electron chi connectivity index (χ0n) is 10.4. The molecule has 0 bridgehead atoms. The zero-order valence-corrected chi connectivity index (χ0v) is 10.4. The lowest BCUT2D eigenvalue weighted by Gasteiger charge is -2.31. The van der Waals surface area contributed by atoms with Gasteiger partial charge in [0.1, 0.15) is 0 Å². The summed E-state index contributed by atoms with van der Waals surface area (Å²) in [6.07, 6.45) is 5.60. The minimum atomic E-state index is 0.171. The molecule has 2 heteroatoms. The van der Waals surface area contributed by atoms with E-state index in [1.165, 1.54) is 31.2 Å². The second-order valence-electron chi connectivity index (χ2n) is 5.24. The Morgan fingerprint density at radius 2 is 1.94 bits per heavy atom. The van der Waals surface area contributed by atoms with Crippen molar-refractivity contribution in [2.24, 2.45) is 0 Å². The maximum Gasteiger partial charge on any atom is 0.0641 e. The third-order valence-corrected chi connectivity index (χ3v) is 3.73. The number of rotatable bonds is 4. The Morgan fingerprint density at radius 3 is 2.53 bits per heavy atom. The van der Waals surface area contributed by atoms with Gasteiger partial charge in [-0.15, -0.1) is 0 Å². The molecule has 0 amide bonds. The molecule has 0 saturated heterocycles. The second-order valence-corrected chi connectivity index (χ2v) is 5.24. The van der Waals surface area contributed by atoms with Crippen LogP contribution in [0.15, 0.2) is 30.3 Å². The first kappa shape index (κ1) is 12.1. The van der Waals surface area contributed by atoms with Crippen LogP contribution in [0.5, 0.6) is 0 Å². The number of hydrogen-bond acceptors (Lipinski definition) is 2. The van der Waals surface area contributed by atoms with Crippen molar-refractivity contribution in [1.82, 2.24) is 5.32 Å². The van der Waals surface area contributed by atoms with Crippen molar-refractivity contribution in [3.05, 3.63) is 35.9 Å². The molecule has 2 nitrogen and oxygen atoms in total. The van der Waals surface area contributed by atoms with E-state index >= 15 is 0 Å². The van der Waals surface area contributed by atoms with Crippen LogP contribution in [0.4, 0.5) is 0 Å². The van der Waals surface area contributed by atoms with Gasteiger partial charge in [-0.1, -0.05) is 43.2 Å². The molecule has 0 heterocycles. The maximum atomic E-state index is 8.97. The SMILES string of the molecule is CC1(NC(CC#N)c2ccccc2)CCCC1. The molecule has 17 heavy (non-hydrogen) atoms. The van der Waals surface area contributed by atoms with Crippen molar-refractivity contribution in [3.8, 4) is 6.07 Å². The molecule has 1 aromatic carbocycles. The molecule has 90 valence electrons. The Hall–Kier alpha value is -1.33. The summed E-state index contributed by atoms with van der Waals surface area (Å²) in [5.41, 5.74) is 1.44. The molecule has 1 aliphatic rings. The molecule has 1 aromatic rings. The Bertz CT molecular complexity index is 385. The quantitative estimate of drug-likeness (QED) is 0.855. The van der Waals surface area contributed by atoms with E-state index < -0.39 is 0 Å². The fourth-order valence-electron chi connectivity index (χ4n) is 2.75. The molecule has 0 aliphatic heterocycles. The fraction of sp³-hybridized carbons (Fsp3) is 0.533. The molecule has 1 fully saturated rings. The Morgan fingerprint density at radius 1 is 1.29 bits per heavy atom. The monoisotopic (exact) mass is 228 g/mol. The molecular weight excluding hydrogens is 208 g/mol. The van der Waals surface area contributed by atoms with Crippen molar-refractivity contribution in [1.29, 1.82) is 5.26 Å². The lowest BCUT2D eigenvalue weighted by atomic mass is 9.95. The topological polar surface area (TPSA) is 35.8 Å². The summed E-state index contributed by atoms with van der Waals surface area (Å²) in [6, 6.07) is 12.8. The first-order valence-corrected chi connectivity index (χ1v) is 6.43. The number of benzene rings is 1. The van der Waals surface area contributed by atoms with E-state index in [4.69, 9.17) is 5.26 Å². The van der Waals surface area contributed by atoms with Gasteiger partial charge >= 0.3 is 0 Å². The van der Waals surface area contributed by atoms with Gasteiger partial charge in [-0.3, -0.25) is 0 Å². The van der Waals surface area contributed by atoms with Crippen LogP contribution in [0.2, 0.25) is 0 Å². The average Bonchev–Trinajstić information content (AvgIpc) is 2.77. The number of nitrogens with zero attached hydrogens (tertiary/aromatic N) is 1. The van der Waals surface area contributed by atoms with E-state index in [1.807, 2.05) is 18.2 Å². The van der Waals surface area contributed by atoms with Crippen molar-refractivity contribution >= 4 is 0 Å². The molecule has 0 aromatic heterocycles. The molecule has 1 N–H and O–H groups in total. The summed E-state index contributed by atoms with van der Waals surface area (Å²) in [4.78, 5) is 0. The normalized spacial score (nSPS) is 19.8. The third kappa shape index (κ3) is 3.08. The summed E-state index contributed by atoms with van der Waals surface area (Å²) in [5, 5.41) is 12.7. The fourth-order valence-corrected chi connectivity index (χ4v) is 2.75. The van der Waals surface area contributed by atoms with Gasteiger partial charge in [0.15, 0.2) is 0 Å². The van der Waals surface area contributed by atoms with Gasteiger partial charge in [0, 0.05) is 11.6 Å². The van der Waals surface area contributed by atoms with E-state index in [2.05, 4.69) is 30.4 Å². The van der Waals surface area contributed by atoms with Gasteiger partial charge in [0.25, 0.3) is 0 Å². The highest BCUT2D eigenvalue weighted by Crippen LogP contribution is 2.32. The van der Waals surface area contributed by atoms with Crippen LogP contribution < -0.4 is 5.32 Å². The van der Waals surface area contributed by atoms with Crippen LogP contribution >= 0.6 is 0 Å². The highest BCUT2D eigenvalue weighted by molar-refractivity contribution is 5.20. The van der Waals surface area contributed by atoms with Crippen molar-refractivity contribution < 1.29 is 0 Å². The Labute approximate surface area is 104 Å². The predicted molar refractivity (Wildman–Crippen MR) is 69.4 cm³/mol. The number of nitriles is 1. The average molecular weight is 228 g/mol. The van der Waals surface area contributed by atoms with Crippen LogP contribution in [0, 0.1) is 11.3 Å². The van der Waals surface area contributed by atoms with E-state index in [1.54, 1.807) is 0 Å². The summed E-state index contributed by atoms with van der Waals surface area (Å²) < 4.78 is 0. The molecule has 1 unspecified atom stereocenters. The minimum absolute atomic E-state index is 0.171. The van der Waals surface area contributed by atoms with Crippen LogP contribution in [0.3, 0.4) is 0 Å². The number of hydrogen-bond donors (Lipinski definition) is 1. The first-order chi connectivity index (χ1) is 8.23. The van der Waals surface area contributed by atoms with Gasteiger partial charge in [-0.25, -0.2) is 0 Å². The summed E-state index contributed by atoms with van der Waals surface area (Å²) in [7, 11) is 0. The minimum Gasteiger partial charge on any atom is -0.304 e. The van der Waals surface area contributed by atoms with Gasteiger partial charge < -0.3 is 5.32 Å². The number of nitrogens with one attached hydrogen (secondary N) is 1. The van der Waals surface area contributed by atoms with Crippen LogP contribution in [-0.2, 0) is 0 Å². The van der Waals surface area contributed by atoms with Crippen LogP contribution in [-0.4, -0.2) is 5.54 Å². The van der Waals surface area contributed by atoms with E-state index in [9.17, 15) is 0 Å². The van der Waals surface area contributed by atoms with Gasteiger partial charge in [-0.05, 0) is 25.3 Å². The smallest absolute Gasteiger partial charge is 0.0641 e. The van der Waals surface area contributed by atoms with Gasteiger partial charge in [0.05, 0.1) is 12.5 Å². The van der Waals surface area contributed by atoms with E-state index in [0.29, 0.717) is 6.42 Å². The lowest BCUT2D eigenvalue weighted by Crippen LogP contribution is -2.41. The molecule has 2 rings (SSSR count). The van der Waals surface area contributed by atoms with Gasteiger partial charge in [-0.2, -0.15) is 5.26 Å². The van der Waals surface area contributed by atoms with Crippen LogP contribution in [0.25, 0.3) is 0 Å². The lowest BCUT2D eigenvalue weighted by molar-refractivity contribution is 0.318. The van der Waals surface area contributed by atoms with Crippen molar-refractivity contribution in [2.45, 2.75) is 50.6 Å². The molecule has 1 aliphatic carbocycles. The molecule has 0 spiro atoms. The highest BCUT2D eigenvalue weighted by Gasteiger charge is 2.30. The standard InChI is InChI=1S/C15H20N2/c1-15(10-5-6-11-15)17-14(9-12-16)13-7-3-2-4-8-13/h2-4,7-8,14,17H,5-6,9-11H2,1H3. The summed E-state index contributed by atoms with van der Waals surface area (Å²) in [5.74, 6) is 0. The zero-order chi connectivity index (χ0) is 12.1. The molecule has 0 radical (unpaired) electrons. The van der Waals surface area contributed by atoms with E-state index in [-0.39, 0.29) is 11.6 Å². The largest absolute Gasteiger partial charge is 0.304 e. The highest BCUT2D eigenvalue weighted by atomic mass is 15.0. The van der Waals surface area contributed by atoms with Gasteiger partial charge in [0.2, 0.25) is 0 Å². The maximum absolute atomic E-state index is 8.97. The summed E-state index contributed by atoms with van der Waals surface area (Å²) in [6.45, 7) is 2.29. The molecular formula is C15H20N2. The summed E-state index contributed by atoms with van der Waals surface area (Å²) >= 11 is 0. The predicted octanol–water partition coefficient (Wildman–Crippen LogP) is 3.56. The van der Waals surface area contributed by atoms with Crippen molar-refractivity contribution in [3.63, 3.8) is 0 Å². The molecule has 1 saturated carbocycles. The van der Waals surface area contributed by atoms with E-state index in [0.717, 1.165) is 0 Å². The second kappa shape index (κ2) is 5.33.